The van der Waals surface area contributed by atoms with E-state index < -0.39 is 5.67 Å². The molecule has 1 N–H and O–H groups in total. The maximum Gasteiger partial charge on any atom is 0.253 e. The number of nitrogens with one attached hydrogen (secondary N) is 1. The Morgan fingerprint density at radius 1 is 0.941 bits per heavy atom. The van der Waals surface area contributed by atoms with Gasteiger partial charge in [0.2, 0.25) is 5.91 Å². The second kappa shape index (κ2) is 9.21. The Morgan fingerprint density at radius 3 is 2.29 bits per heavy atom. The maximum absolute atomic E-state index is 15.7. The molecule has 0 radical (unpaired) electrons. The number of piperidine rings is 1. The molecule has 2 amide bonds. The monoisotopic (exact) mass is 459 g/mol. The van der Waals surface area contributed by atoms with Gasteiger partial charge in [0.15, 0.2) is 5.82 Å². The SMILES string of the molecule is O=C(Nc1ccc(C2(F)CCN(C(=O)c3ccccc3)CC2)cc1)C1CN(c2cccnn2)C1. The molecular weight excluding hydrogens is 433 g/mol. The molecule has 5 rings (SSSR count). The summed E-state index contributed by atoms with van der Waals surface area (Å²) in [6, 6.07) is 19.7. The summed E-state index contributed by atoms with van der Waals surface area (Å²) in [5, 5.41) is 10.8. The highest BCUT2D eigenvalue weighted by atomic mass is 19.1. The first-order valence-corrected chi connectivity index (χ1v) is 11.5. The van der Waals surface area contributed by atoms with E-state index in [1.807, 2.05) is 35.2 Å². The van der Waals surface area contributed by atoms with Crippen LogP contribution in [-0.2, 0) is 10.5 Å². The van der Waals surface area contributed by atoms with Crippen LogP contribution in [0.2, 0.25) is 0 Å². The molecule has 2 aromatic carbocycles. The summed E-state index contributed by atoms with van der Waals surface area (Å²) >= 11 is 0. The number of likely N-dealkylation sites (tertiary alicyclic amines) is 1. The van der Waals surface area contributed by atoms with Gasteiger partial charge in [-0.2, -0.15) is 5.10 Å². The van der Waals surface area contributed by atoms with Crippen molar-refractivity contribution < 1.29 is 14.0 Å². The lowest BCUT2D eigenvalue weighted by molar-refractivity contribution is -0.120. The van der Waals surface area contributed by atoms with Gasteiger partial charge in [-0.1, -0.05) is 30.3 Å². The molecule has 2 fully saturated rings. The number of hydrogen-bond acceptors (Lipinski definition) is 5. The Bertz CT molecular complexity index is 1140. The smallest absolute Gasteiger partial charge is 0.253 e. The number of aromatic nitrogens is 2. The van der Waals surface area contributed by atoms with E-state index >= 15 is 4.39 Å². The molecule has 0 atom stereocenters. The van der Waals surface area contributed by atoms with Crippen molar-refractivity contribution in [2.45, 2.75) is 18.5 Å². The van der Waals surface area contributed by atoms with Gasteiger partial charge in [0.05, 0.1) is 5.92 Å². The van der Waals surface area contributed by atoms with Crippen LogP contribution in [0.5, 0.6) is 0 Å². The molecule has 0 aliphatic carbocycles. The zero-order valence-corrected chi connectivity index (χ0v) is 18.7. The van der Waals surface area contributed by atoms with Crippen molar-refractivity contribution in [1.82, 2.24) is 15.1 Å². The number of halogens is 1. The molecule has 8 heteroatoms. The molecule has 0 bridgehead atoms. The molecule has 2 saturated heterocycles. The molecule has 7 nitrogen and oxygen atoms in total. The Labute approximate surface area is 197 Å². The molecule has 0 saturated carbocycles. The highest BCUT2D eigenvalue weighted by Crippen LogP contribution is 2.38. The zero-order valence-electron chi connectivity index (χ0n) is 18.7. The largest absolute Gasteiger partial charge is 0.353 e. The molecule has 34 heavy (non-hydrogen) atoms. The lowest BCUT2D eigenvalue weighted by Gasteiger charge is -2.38. The highest BCUT2D eigenvalue weighted by Gasteiger charge is 2.38. The second-order valence-electron chi connectivity index (χ2n) is 8.87. The summed E-state index contributed by atoms with van der Waals surface area (Å²) in [5.41, 5.74) is 0.364. The highest BCUT2D eigenvalue weighted by molar-refractivity contribution is 5.95. The first-order valence-electron chi connectivity index (χ1n) is 11.5. The number of hydrogen-bond donors (Lipinski definition) is 1. The first kappa shape index (κ1) is 22.0. The molecule has 0 spiro atoms. The molecule has 3 heterocycles. The van der Waals surface area contributed by atoms with Crippen molar-refractivity contribution in [3.8, 4) is 0 Å². The predicted octanol–water partition coefficient (Wildman–Crippen LogP) is 3.65. The van der Waals surface area contributed by atoms with Gasteiger partial charge in [0, 0.05) is 56.5 Å². The van der Waals surface area contributed by atoms with Gasteiger partial charge in [-0.3, -0.25) is 9.59 Å². The van der Waals surface area contributed by atoms with E-state index in [0.29, 0.717) is 43.0 Å². The van der Waals surface area contributed by atoms with Crippen molar-refractivity contribution in [2.75, 3.05) is 36.4 Å². The van der Waals surface area contributed by atoms with Crippen LogP contribution in [0.3, 0.4) is 0 Å². The van der Waals surface area contributed by atoms with Crippen LogP contribution in [0.4, 0.5) is 15.9 Å². The van der Waals surface area contributed by atoms with Crippen LogP contribution in [0.25, 0.3) is 0 Å². The van der Waals surface area contributed by atoms with E-state index in [1.165, 1.54) is 0 Å². The fourth-order valence-corrected chi connectivity index (χ4v) is 4.51. The lowest BCUT2D eigenvalue weighted by atomic mass is 9.86. The molecule has 0 unspecified atom stereocenters. The van der Waals surface area contributed by atoms with Crippen LogP contribution in [0.1, 0.15) is 28.8 Å². The number of carbonyl (C=O) groups excluding carboxylic acids is 2. The van der Waals surface area contributed by atoms with Crippen molar-refractivity contribution in [3.63, 3.8) is 0 Å². The summed E-state index contributed by atoms with van der Waals surface area (Å²) in [7, 11) is 0. The second-order valence-corrected chi connectivity index (χ2v) is 8.87. The molecule has 174 valence electrons. The third-order valence-electron chi connectivity index (χ3n) is 6.67. The Morgan fingerprint density at radius 2 is 1.65 bits per heavy atom. The van der Waals surface area contributed by atoms with E-state index in [0.717, 1.165) is 5.82 Å². The number of anilines is 2. The third-order valence-corrected chi connectivity index (χ3v) is 6.67. The van der Waals surface area contributed by atoms with Gasteiger partial charge < -0.3 is 15.1 Å². The summed E-state index contributed by atoms with van der Waals surface area (Å²) < 4.78 is 15.7. The Kier molecular flexibility index (Phi) is 5.96. The maximum atomic E-state index is 15.7. The van der Waals surface area contributed by atoms with Crippen LogP contribution in [0.15, 0.2) is 72.9 Å². The summed E-state index contributed by atoms with van der Waals surface area (Å²) in [6.07, 6.45) is 2.11. The molecule has 1 aromatic heterocycles. The van der Waals surface area contributed by atoms with E-state index in [9.17, 15) is 9.59 Å². The average molecular weight is 460 g/mol. The van der Waals surface area contributed by atoms with Crippen molar-refractivity contribution >= 4 is 23.3 Å². The summed E-state index contributed by atoms with van der Waals surface area (Å²) in [6.45, 7) is 1.92. The van der Waals surface area contributed by atoms with Gasteiger partial charge in [-0.25, -0.2) is 4.39 Å². The van der Waals surface area contributed by atoms with E-state index in [2.05, 4.69) is 15.5 Å². The minimum absolute atomic E-state index is 0.0596. The number of carbonyl (C=O) groups is 2. The number of benzene rings is 2. The van der Waals surface area contributed by atoms with Gasteiger partial charge in [0.1, 0.15) is 5.67 Å². The number of alkyl halides is 1. The van der Waals surface area contributed by atoms with Crippen LogP contribution in [0, 0.1) is 5.92 Å². The molecular formula is C26H26FN5O2. The summed E-state index contributed by atoms with van der Waals surface area (Å²) in [4.78, 5) is 28.9. The average Bonchev–Trinajstić information content (AvgIpc) is 2.85. The van der Waals surface area contributed by atoms with Gasteiger partial charge in [-0.15, -0.1) is 5.10 Å². The van der Waals surface area contributed by atoms with Crippen LogP contribution >= 0.6 is 0 Å². The van der Waals surface area contributed by atoms with Crippen LogP contribution in [-0.4, -0.2) is 53.1 Å². The zero-order chi connectivity index (χ0) is 23.5. The number of amides is 2. The fraction of sp³-hybridized carbons (Fsp3) is 0.308. The standard InChI is InChI=1S/C26H26FN5O2/c27-26(12-15-31(16-13-26)25(34)19-5-2-1-3-6-19)21-8-10-22(11-9-21)29-24(33)20-17-32(18-20)23-7-4-14-28-30-23/h1-11,14,20H,12-13,15-18H2,(H,29,33). The molecule has 2 aliphatic heterocycles. The normalized spacial score (nSPS) is 17.7. The third kappa shape index (κ3) is 4.48. The molecule has 2 aliphatic rings. The van der Waals surface area contributed by atoms with E-state index in [-0.39, 0.29) is 30.6 Å². The van der Waals surface area contributed by atoms with Gasteiger partial charge in [0.25, 0.3) is 5.91 Å². The number of rotatable bonds is 5. The molecule has 3 aromatic rings. The minimum Gasteiger partial charge on any atom is -0.353 e. The minimum atomic E-state index is -1.48. The van der Waals surface area contributed by atoms with Crippen LogP contribution < -0.4 is 10.2 Å². The Hall–Kier alpha value is -3.81. The van der Waals surface area contributed by atoms with E-state index in [1.54, 1.807) is 47.5 Å². The number of nitrogens with zero attached hydrogens (tertiary/aromatic N) is 4. The fourth-order valence-electron chi connectivity index (χ4n) is 4.51. The van der Waals surface area contributed by atoms with Gasteiger partial charge in [-0.05, 0) is 42.0 Å². The van der Waals surface area contributed by atoms with Gasteiger partial charge >= 0.3 is 0 Å². The summed E-state index contributed by atoms with van der Waals surface area (Å²) in [5.74, 6) is 0.520. The predicted molar refractivity (Wildman–Crippen MR) is 127 cm³/mol. The first-order chi connectivity index (χ1) is 16.5. The topological polar surface area (TPSA) is 78.4 Å². The van der Waals surface area contributed by atoms with Crippen molar-refractivity contribution in [3.05, 3.63) is 84.1 Å². The van der Waals surface area contributed by atoms with E-state index in [4.69, 9.17) is 0 Å². The quantitative estimate of drug-likeness (QED) is 0.630. The lowest BCUT2D eigenvalue weighted by Crippen LogP contribution is -2.52. The van der Waals surface area contributed by atoms with Crippen molar-refractivity contribution in [2.24, 2.45) is 5.92 Å². The Balaban J connectivity index is 1.14. The van der Waals surface area contributed by atoms with Crippen molar-refractivity contribution in [1.29, 1.82) is 0 Å².